The van der Waals surface area contributed by atoms with Crippen molar-refractivity contribution < 1.29 is 0 Å². The molecule has 0 fully saturated rings. The zero-order chi connectivity index (χ0) is 15.1. The molecule has 4 aromatic rings. The summed E-state index contributed by atoms with van der Waals surface area (Å²) in [5.41, 5.74) is 8.50. The highest BCUT2D eigenvalue weighted by atomic mass is 15.4. The third-order valence-electron chi connectivity index (χ3n) is 3.33. The predicted molar refractivity (Wildman–Crippen MR) is 78.4 cm³/mol. The Labute approximate surface area is 123 Å². The largest absolute Gasteiger partial charge is 0.383 e. The van der Waals surface area contributed by atoms with Gasteiger partial charge in [-0.15, -0.1) is 10.2 Å². The fourth-order valence-corrected chi connectivity index (χ4v) is 2.37. The molecule has 8 nitrogen and oxygen atoms in total. The third kappa shape index (κ3) is 1.59. The van der Waals surface area contributed by atoms with E-state index in [1.165, 1.54) is 10.8 Å². The van der Waals surface area contributed by atoms with Crippen LogP contribution in [-0.2, 0) is 0 Å². The van der Waals surface area contributed by atoms with Crippen molar-refractivity contribution in [2.75, 3.05) is 5.73 Å². The van der Waals surface area contributed by atoms with Gasteiger partial charge < -0.3 is 5.73 Å². The molecule has 0 saturated carbocycles. The van der Waals surface area contributed by atoms with Gasteiger partial charge in [0.2, 0.25) is 0 Å². The molecule has 0 radical (unpaired) electrons. The minimum Gasteiger partial charge on any atom is -0.383 e. The van der Waals surface area contributed by atoms with Crippen LogP contribution in [0.25, 0.3) is 28.1 Å². The summed E-state index contributed by atoms with van der Waals surface area (Å²) in [6, 6.07) is 11.5. The van der Waals surface area contributed by atoms with Gasteiger partial charge in [0.25, 0.3) is 5.78 Å². The Hall–Kier alpha value is -3.60. The van der Waals surface area contributed by atoms with Crippen LogP contribution in [-0.4, -0.2) is 29.8 Å². The zero-order valence-corrected chi connectivity index (χ0v) is 11.2. The van der Waals surface area contributed by atoms with Crippen LogP contribution in [0.1, 0.15) is 5.56 Å². The number of nitriles is 1. The number of anilines is 1. The smallest absolute Gasteiger partial charge is 0.273 e. The lowest BCUT2D eigenvalue weighted by molar-refractivity contribution is 0.924. The molecule has 0 aliphatic rings. The van der Waals surface area contributed by atoms with Crippen molar-refractivity contribution in [3.8, 4) is 17.2 Å². The first-order valence-corrected chi connectivity index (χ1v) is 6.40. The van der Waals surface area contributed by atoms with Gasteiger partial charge in [0.05, 0.1) is 0 Å². The Bertz CT molecular complexity index is 1050. The Morgan fingerprint density at radius 1 is 1.14 bits per heavy atom. The SMILES string of the molecule is N#Cc1c(N)nc2c(nnc3ncnn32)c1-c1ccccc1. The van der Waals surface area contributed by atoms with Crippen LogP contribution in [0.4, 0.5) is 5.82 Å². The average Bonchev–Trinajstić information content (AvgIpc) is 3.03. The number of benzene rings is 1. The maximum Gasteiger partial charge on any atom is 0.273 e. The first-order chi connectivity index (χ1) is 10.8. The molecule has 0 aliphatic carbocycles. The molecule has 0 atom stereocenters. The van der Waals surface area contributed by atoms with E-state index in [1.807, 2.05) is 30.3 Å². The molecule has 3 aromatic heterocycles. The van der Waals surface area contributed by atoms with Gasteiger partial charge >= 0.3 is 0 Å². The summed E-state index contributed by atoms with van der Waals surface area (Å²) in [6.07, 6.45) is 1.36. The second-order valence-electron chi connectivity index (χ2n) is 4.57. The van der Waals surface area contributed by atoms with E-state index >= 15 is 0 Å². The molecule has 0 aliphatic heterocycles. The van der Waals surface area contributed by atoms with Crippen LogP contribution in [0.2, 0.25) is 0 Å². The molecule has 0 spiro atoms. The molecule has 0 bridgehead atoms. The molecule has 0 unspecified atom stereocenters. The topological polar surface area (TPSA) is 119 Å². The van der Waals surface area contributed by atoms with E-state index in [4.69, 9.17) is 5.73 Å². The van der Waals surface area contributed by atoms with Crippen molar-refractivity contribution in [1.82, 2.24) is 29.8 Å². The van der Waals surface area contributed by atoms with Crippen LogP contribution in [0.15, 0.2) is 36.7 Å². The Morgan fingerprint density at radius 2 is 1.95 bits per heavy atom. The normalized spacial score (nSPS) is 10.9. The minimum absolute atomic E-state index is 0.124. The van der Waals surface area contributed by atoms with E-state index in [0.29, 0.717) is 22.5 Å². The van der Waals surface area contributed by atoms with Crippen molar-refractivity contribution in [1.29, 1.82) is 5.26 Å². The van der Waals surface area contributed by atoms with Crippen molar-refractivity contribution >= 4 is 22.8 Å². The number of nitrogen functional groups attached to an aromatic ring is 1. The van der Waals surface area contributed by atoms with Gasteiger partial charge in [-0.2, -0.15) is 19.9 Å². The molecule has 22 heavy (non-hydrogen) atoms. The van der Waals surface area contributed by atoms with E-state index < -0.39 is 0 Å². The standard InChI is InChI=1S/C14H8N8/c15-6-9-10(8-4-2-1-3-5-8)11-13(19-12(9)16)22-14(21-20-11)17-7-18-22/h1-5,7H,(H2,16,19). The van der Waals surface area contributed by atoms with Crippen LogP contribution in [0.3, 0.4) is 0 Å². The van der Waals surface area contributed by atoms with Gasteiger partial charge in [0, 0.05) is 5.56 Å². The summed E-state index contributed by atoms with van der Waals surface area (Å²) in [5.74, 6) is 0.446. The molecule has 2 N–H and O–H groups in total. The maximum absolute atomic E-state index is 9.44. The molecule has 8 heteroatoms. The average molecular weight is 288 g/mol. The molecular weight excluding hydrogens is 280 g/mol. The Balaban J connectivity index is 2.23. The summed E-state index contributed by atoms with van der Waals surface area (Å²) in [6.45, 7) is 0. The lowest BCUT2D eigenvalue weighted by Gasteiger charge is -2.09. The van der Waals surface area contributed by atoms with Crippen molar-refractivity contribution in [2.24, 2.45) is 0 Å². The van der Waals surface area contributed by atoms with Crippen LogP contribution < -0.4 is 5.73 Å². The lowest BCUT2D eigenvalue weighted by atomic mass is 10.0. The molecule has 0 amide bonds. The predicted octanol–water partition coefficient (Wildman–Crippen LogP) is 1.19. The molecule has 4 rings (SSSR count). The van der Waals surface area contributed by atoms with E-state index in [-0.39, 0.29) is 11.4 Å². The number of pyridine rings is 1. The van der Waals surface area contributed by atoms with Crippen molar-refractivity contribution in [2.45, 2.75) is 0 Å². The van der Waals surface area contributed by atoms with Crippen LogP contribution in [0, 0.1) is 11.3 Å². The fraction of sp³-hybridized carbons (Fsp3) is 0. The summed E-state index contributed by atoms with van der Waals surface area (Å²) in [4.78, 5) is 8.22. The van der Waals surface area contributed by atoms with Gasteiger partial charge in [0.15, 0.2) is 5.65 Å². The number of hydrogen-bond acceptors (Lipinski definition) is 7. The summed E-state index contributed by atoms with van der Waals surface area (Å²) in [7, 11) is 0. The lowest BCUT2D eigenvalue weighted by Crippen LogP contribution is -2.06. The highest BCUT2D eigenvalue weighted by Crippen LogP contribution is 2.32. The number of nitrogens with two attached hydrogens (primary N) is 1. The first-order valence-electron chi connectivity index (χ1n) is 6.40. The summed E-state index contributed by atoms with van der Waals surface area (Å²) >= 11 is 0. The molecule has 0 saturated heterocycles. The maximum atomic E-state index is 9.44. The van der Waals surface area contributed by atoms with Gasteiger partial charge in [-0.05, 0) is 5.56 Å². The quantitative estimate of drug-likeness (QED) is 0.558. The number of hydrogen-bond donors (Lipinski definition) is 1. The number of aromatic nitrogens is 6. The summed E-state index contributed by atoms with van der Waals surface area (Å²) < 4.78 is 1.45. The second kappa shape index (κ2) is 4.46. The number of rotatable bonds is 1. The second-order valence-corrected chi connectivity index (χ2v) is 4.57. The van der Waals surface area contributed by atoms with Crippen molar-refractivity contribution in [3.05, 3.63) is 42.2 Å². The molecule has 3 heterocycles. The number of fused-ring (bicyclic) bond motifs is 3. The molecule has 104 valence electrons. The minimum atomic E-state index is 0.124. The molecule has 1 aromatic carbocycles. The molecular formula is C14H8N8. The first kappa shape index (κ1) is 12.2. The van der Waals surface area contributed by atoms with Gasteiger partial charge in [-0.3, -0.25) is 0 Å². The van der Waals surface area contributed by atoms with E-state index in [0.717, 1.165) is 5.56 Å². The van der Waals surface area contributed by atoms with Gasteiger partial charge in [-0.25, -0.2) is 4.98 Å². The Morgan fingerprint density at radius 3 is 2.73 bits per heavy atom. The highest BCUT2D eigenvalue weighted by molar-refractivity contribution is 5.95. The summed E-state index contributed by atoms with van der Waals surface area (Å²) in [5, 5.41) is 21.7. The third-order valence-corrected chi connectivity index (χ3v) is 3.33. The van der Waals surface area contributed by atoms with E-state index in [9.17, 15) is 5.26 Å². The van der Waals surface area contributed by atoms with Crippen molar-refractivity contribution in [3.63, 3.8) is 0 Å². The number of nitrogens with zero attached hydrogens (tertiary/aromatic N) is 7. The van der Waals surface area contributed by atoms with Crippen LogP contribution in [0.5, 0.6) is 0 Å². The van der Waals surface area contributed by atoms with E-state index in [1.54, 1.807) is 0 Å². The van der Waals surface area contributed by atoms with Gasteiger partial charge in [0.1, 0.15) is 29.3 Å². The fourth-order valence-electron chi connectivity index (χ4n) is 2.37. The van der Waals surface area contributed by atoms with Gasteiger partial charge in [-0.1, -0.05) is 30.3 Å². The monoisotopic (exact) mass is 288 g/mol. The zero-order valence-electron chi connectivity index (χ0n) is 11.2. The van der Waals surface area contributed by atoms with E-state index in [2.05, 4.69) is 31.3 Å². The van der Waals surface area contributed by atoms with Crippen LogP contribution >= 0.6 is 0 Å². The Kier molecular flexibility index (Phi) is 2.46. The highest BCUT2D eigenvalue weighted by Gasteiger charge is 2.19.